The van der Waals surface area contributed by atoms with Gasteiger partial charge in [0.2, 0.25) is 5.91 Å². The first-order valence-electron chi connectivity index (χ1n) is 5.78. The van der Waals surface area contributed by atoms with E-state index in [1.165, 1.54) is 12.1 Å². The van der Waals surface area contributed by atoms with E-state index in [0.29, 0.717) is 0 Å². The van der Waals surface area contributed by atoms with Crippen LogP contribution in [0.25, 0.3) is 0 Å². The second-order valence-electron chi connectivity index (χ2n) is 4.61. The Morgan fingerprint density at radius 1 is 1.42 bits per heavy atom. The Labute approximate surface area is 115 Å². The number of carbonyl (C=O) groups excluding carboxylic acids is 1. The number of carboxylic acids is 1. The summed E-state index contributed by atoms with van der Waals surface area (Å²) in [6.07, 6.45) is 0.208. The molecule has 1 aromatic carbocycles. The monoisotopic (exact) mass is 287 g/mol. The van der Waals surface area contributed by atoms with Crippen LogP contribution in [0.2, 0.25) is 5.02 Å². The highest BCUT2D eigenvalue weighted by molar-refractivity contribution is 6.30. The predicted octanol–water partition coefficient (Wildman–Crippen LogP) is 2.77. The minimum atomic E-state index is -1.28. The summed E-state index contributed by atoms with van der Waals surface area (Å²) < 4.78 is 13.3. The molecule has 0 radical (unpaired) electrons. The van der Waals surface area contributed by atoms with Gasteiger partial charge in [0.1, 0.15) is 5.82 Å². The zero-order valence-corrected chi connectivity index (χ0v) is 11.4. The van der Waals surface area contributed by atoms with Crippen LogP contribution in [0.1, 0.15) is 31.9 Å². The molecule has 1 unspecified atom stereocenters. The minimum Gasteiger partial charge on any atom is -0.479 e. The first-order chi connectivity index (χ1) is 8.81. The number of aliphatic carboxylic acids is 1. The summed E-state index contributed by atoms with van der Waals surface area (Å²) in [5.74, 6) is -2.25. The molecule has 0 heterocycles. The molecule has 2 N–H and O–H groups in total. The number of carbonyl (C=O) groups is 2. The van der Waals surface area contributed by atoms with Crippen molar-refractivity contribution in [2.75, 3.05) is 0 Å². The van der Waals surface area contributed by atoms with Crippen LogP contribution >= 0.6 is 11.6 Å². The Morgan fingerprint density at radius 2 is 2.05 bits per heavy atom. The van der Waals surface area contributed by atoms with E-state index in [1.54, 1.807) is 0 Å². The van der Waals surface area contributed by atoms with E-state index in [4.69, 9.17) is 16.7 Å². The van der Waals surface area contributed by atoms with E-state index in [-0.39, 0.29) is 22.9 Å². The topological polar surface area (TPSA) is 66.4 Å². The Balaban J connectivity index is 2.91. The molecule has 0 spiro atoms. The number of amides is 1. The number of halogens is 2. The Hall–Kier alpha value is -1.62. The fourth-order valence-corrected chi connectivity index (χ4v) is 1.69. The molecule has 0 saturated carbocycles. The predicted molar refractivity (Wildman–Crippen MR) is 69.4 cm³/mol. The molecule has 104 valence electrons. The largest absolute Gasteiger partial charge is 0.479 e. The normalized spacial score (nSPS) is 12.3. The van der Waals surface area contributed by atoms with Gasteiger partial charge in [0.05, 0.1) is 5.02 Å². The summed E-state index contributed by atoms with van der Waals surface area (Å²) in [7, 11) is 0. The fourth-order valence-electron chi connectivity index (χ4n) is 1.57. The third-order valence-electron chi connectivity index (χ3n) is 2.42. The van der Waals surface area contributed by atoms with Crippen molar-refractivity contribution in [2.24, 2.45) is 5.92 Å². The van der Waals surface area contributed by atoms with E-state index < -0.39 is 23.7 Å². The molecule has 1 amide bonds. The Bertz CT molecular complexity index is 491. The number of hydrogen-bond acceptors (Lipinski definition) is 2. The maximum atomic E-state index is 13.3. The number of rotatable bonds is 5. The van der Waals surface area contributed by atoms with Crippen LogP contribution in [0.4, 0.5) is 4.39 Å². The molecule has 19 heavy (non-hydrogen) atoms. The summed E-state index contributed by atoms with van der Waals surface area (Å²) in [5.41, 5.74) is 0.145. The lowest BCUT2D eigenvalue weighted by Crippen LogP contribution is -2.34. The zero-order chi connectivity index (χ0) is 14.6. The van der Waals surface area contributed by atoms with Gasteiger partial charge in [-0.1, -0.05) is 31.5 Å². The molecule has 1 rings (SSSR count). The van der Waals surface area contributed by atoms with Crippen molar-refractivity contribution in [3.63, 3.8) is 0 Å². The maximum absolute atomic E-state index is 13.3. The molecule has 0 aliphatic rings. The van der Waals surface area contributed by atoms with Crippen LogP contribution < -0.4 is 5.32 Å². The molecule has 0 bridgehead atoms. The van der Waals surface area contributed by atoms with Gasteiger partial charge in [-0.25, -0.2) is 9.18 Å². The van der Waals surface area contributed by atoms with Gasteiger partial charge in [-0.2, -0.15) is 0 Å². The van der Waals surface area contributed by atoms with Crippen LogP contribution in [0.3, 0.4) is 0 Å². The molecule has 0 aromatic heterocycles. The summed E-state index contributed by atoms with van der Waals surface area (Å²) in [6.45, 7) is 3.69. The lowest BCUT2D eigenvalue weighted by Gasteiger charge is -2.16. The lowest BCUT2D eigenvalue weighted by molar-refractivity contribution is -0.142. The van der Waals surface area contributed by atoms with Crippen molar-refractivity contribution in [3.8, 4) is 0 Å². The Kier molecular flexibility index (Phi) is 5.30. The third kappa shape index (κ3) is 4.52. The van der Waals surface area contributed by atoms with Gasteiger partial charge in [0.25, 0.3) is 0 Å². The van der Waals surface area contributed by atoms with Gasteiger partial charge in [-0.3, -0.25) is 4.79 Å². The number of benzene rings is 1. The SMILES string of the molecule is CC(C)CC(=O)NC(C(=O)O)c1ccc(Cl)c(F)c1. The number of nitrogens with one attached hydrogen (secondary N) is 1. The molecule has 4 nitrogen and oxygen atoms in total. The van der Waals surface area contributed by atoms with Crippen LogP contribution in [0.15, 0.2) is 18.2 Å². The van der Waals surface area contributed by atoms with Crippen molar-refractivity contribution in [3.05, 3.63) is 34.6 Å². The van der Waals surface area contributed by atoms with Crippen molar-refractivity contribution in [2.45, 2.75) is 26.3 Å². The standard InChI is InChI=1S/C13H15ClFNO3/c1-7(2)5-11(17)16-12(13(18)19)8-3-4-9(14)10(15)6-8/h3-4,6-7,12H,5H2,1-2H3,(H,16,17)(H,18,19). The smallest absolute Gasteiger partial charge is 0.330 e. The van der Waals surface area contributed by atoms with E-state index in [2.05, 4.69) is 5.32 Å². The molecule has 0 aliphatic heterocycles. The maximum Gasteiger partial charge on any atom is 0.330 e. The van der Waals surface area contributed by atoms with Gasteiger partial charge in [-0.15, -0.1) is 0 Å². The highest BCUT2D eigenvalue weighted by Gasteiger charge is 2.23. The summed E-state index contributed by atoms with van der Waals surface area (Å²) in [4.78, 5) is 22.7. The van der Waals surface area contributed by atoms with E-state index in [1.807, 2.05) is 13.8 Å². The van der Waals surface area contributed by atoms with E-state index in [0.717, 1.165) is 6.07 Å². The van der Waals surface area contributed by atoms with Crippen LogP contribution in [0.5, 0.6) is 0 Å². The molecule has 0 saturated heterocycles. The van der Waals surface area contributed by atoms with Gasteiger partial charge in [0, 0.05) is 6.42 Å². The molecule has 0 aliphatic carbocycles. The van der Waals surface area contributed by atoms with Gasteiger partial charge in [0.15, 0.2) is 6.04 Å². The highest BCUT2D eigenvalue weighted by Crippen LogP contribution is 2.21. The summed E-state index contributed by atoms with van der Waals surface area (Å²) in [6, 6.07) is 2.37. The van der Waals surface area contributed by atoms with Crippen LogP contribution in [0, 0.1) is 11.7 Å². The molecule has 1 aromatic rings. The number of carboxylic acid groups (broad SMARTS) is 1. The Morgan fingerprint density at radius 3 is 2.53 bits per heavy atom. The van der Waals surface area contributed by atoms with Crippen molar-refractivity contribution < 1.29 is 19.1 Å². The van der Waals surface area contributed by atoms with Gasteiger partial charge >= 0.3 is 5.97 Å². The minimum absolute atomic E-state index is 0.0959. The van der Waals surface area contributed by atoms with Crippen molar-refractivity contribution in [1.82, 2.24) is 5.32 Å². The zero-order valence-electron chi connectivity index (χ0n) is 10.6. The third-order valence-corrected chi connectivity index (χ3v) is 2.73. The van der Waals surface area contributed by atoms with E-state index in [9.17, 15) is 14.0 Å². The molecule has 6 heteroatoms. The van der Waals surface area contributed by atoms with Gasteiger partial charge in [-0.05, 0) is 23.6 Å². The highest BCUT2D eigenvalue weighted by atomic mass is 35.5. The average molecular weight is 288 g/mol. The second-order valence-corrected chi connectivity index (χ2v) is 5.02. The van der Waals surface area contributed by atoms with E-state index >= 15 is 0 Å². The van der Waals surface area contributed by atoms with Crippen molar-refractivity contribution in [1.29, 1.82) is 0 Å². The fraction of sp³-hybridized carbons (Fsp3) is 0.385. The number of hydrogen-bond donors (Lipinski definition) is 2. The first-order valence-corrected chi connectivity index (χ1v) is 6.16. The van der Waals surface area contributed by atoms with Crippen LogP contribution in [-0.4, -0.2) is 17.0 Å². The second kappa shape index (κ2) is 6.52. The molecular formula is C13H15ClFNO3. The molecule has 0 fully saturated rings. The lowest BCUT2D eigenvalue weighted by atomic mass is 10.1. The van der Waals surface area contributed by atoms with Gasteiger partial charge < -0.3 is 10.4 Å². The average Bonchev–Trinajstić information content (AvgIpc) is 2.28. The molecular weight excluding hydrogens is 273 g/mol. The summed E-state index contributed by atoms with van der Waals surface area (Å²) >= 11 is 5.53. The first kappa shape index (κ1) is 15.4. The van der Waals surface area contributed by atoms with Crippen molar-refractivity contribution >= 4 is 23.5 Å². The quantitative estimate of drug-likeness (QED) is 0.875. The van der Waals surface area contributed by atoms with Crippen LogP contribution in [-0.2, 0) is 9.59 Å². The molecule has 1 atom stereocenters. The summed E-state index contributed by atoms with van der Waals surface area (Å²) in [5, 5.41) is 11.4.